The molecule has 4 heteroatoms. The molecule has 4 nitrogen and oxygen atoms in total. The Kier molecular flexibility index (Phi) is 1.28. The summed E-state index contributed by atoms with van der Waals surface area (Å²) in [6.07, 6.45) is 3.17. The second kappa shape index (κ2) is 2.18. The molecule has 0 saturated carbocycles. The Morgan fingerprint density at radius 2 is 1.92 bits per heavy atom. The van der Waals surface area contributed by atoms with Crippen molar-refractivity contribution in [3.8, 4) is 0 Å². The van der Waals surface area contributed by atoms with Gasteiger partial charge in [-0.1, -0.05) is 0 Å². The fourth-order valence-electron chi connectivity index (χ4n) is 2.95. The van der Waals surface area contributed by atoms with Gasteiger partial charge in [-0.2, -0.15) is 0 Å². The minimum absolute atomic E-state index is 0.0950. The van der Waals surface area contributed by atoms with Crippen molar-refractivity contribution in [1.29, 1.82) is 0 Å². The Hall–Kier alpha value is -0.770. The molecule has 1 N–H and O–H groups in total. The highest BCUT2D eigenvalue weighted by atomic mass is 16.6. The lowest BCUT2D eigenvalue weighted by molar-refractivity contribution is 0.0719. The smallest absolute Gasteiger partial charge is 0.407 e. The van der Waals surface area contributed by atoms with Crippen LogP contribution in [-0.4, -0.2) is 40.4 Å². The summed E-state index contributed by atoms with van der Waals surface area (Å²) in [6.45, 7) is 0.855. The molecule has 0 aliphatic carbocycles. The van der Waals surface area contributed by atoms with Gasteiger partial charge < -0.3 is 14.7 Å². The third-order valence-corrected chi connectivity index (χ3v) is 3.61. The molecule has 0 radical (unpaired) electrons. The predicted octanol–water partition coefficient (Wildman–Crippen LogP) is 1.06. The van der Waals surface area contributed by atoms with Gasteiger partial charge in [-0.15, -0.1) is 0 Å². The summed E-state index contributed by atoms with van der Waals surface area (Å²) in [5, 5.41) is 8.99. The minimum atomic E-state index is -0.747. The molecule has 3 heterocycles. The first-order valence-electron chi connectivity index (χ1n) is 4.85. The van der Waals surface area contributed by atoms with Gasteiger partial charge in [0.25, 0.3) is 0 Å². The van der Waals surface area contributed by atoms with Crippen LogP contribution >= 0.6 is 0 Å². The third-order valence-electron chi connectivity index (χ3n) is 3.61. The Morgan fingerprint density at radius 1 is 1.38 bits per heavy atom. The van der Waals surface area contributed by atoms with Crippen LogP contribution in [0, 0.1) is 0 Å². The van der Waals surface area contributed by atoms with Gasteiger partial charge >= 0.3 is 6.09 Å². The molecular formula is C9H13NO3. The molecule has 3 fully saturated rings. The van der Waals surface area contributed by atoms with Crippen molar-refractivity contribution in [3.63, 3.8) is 0 Å². The fourth-order valence-corrected chi connectivity index (χ4v) is 2.95. The van der Waals surface area contributed by atoms with Crippen LogP contribution in [0.15, 0.2) is 0 Å². The molecule has 0 aromatic heterocycles. The van der Waals surface area contributed by atoms with Gasteiger partial charge in [0.15, 0.2) is 0 Å². The molecule has 1 amide bonds. The summed E-state index contributed by atoms with van der Waals surface area (Å²) >= 11 is 0. The van der Waals surface area contributed by atoms with Gasteiger partial charge in [-0.3, -0.25) is 0 Å². The zero-order chi connectivity index (χ0) is 9.05. The summed E-state index contributed by atoms with van der Waals surface area (Å²) in [6, 6.07) is 0.470. The molecule has 2 bridgehead atoms. The lowest BCUT2D eigenvalue weighted by atomic mass is 9.91. The lowest BCUT2D eigenvalue weighted by Gasteiger charge is -2.35. The van der Waals surface area contributed by atoms with Crippen LogP contribution in [0.2, 0.25) is 0 Å². The molecule has 2 unspecified atom stereocenters. The molecule has 3 rings (SSSR count). The molecule has 1 spiro atoms. The Labute approximate surface area is 76.5 Å². The Bertz CT molecular complexity index is 246. The van der Waals surface area contributed by atoms with Gasteiger partial charge in [-0.05, 0) is 25.7 Å². The first kappa shape index (κ1) is 7.62. The SMILES string of the molecule is O=C(O)N1C2CCC1CC1(CO1)C2. The quantitative estimate of drug-likeness (QED) is 0.571. The topological polar surface area (TPSA) is 53.1 Å². The molecule has 2 atom stereocenters. The molecule has 3 saturated heterocycles. The van der Waals surface area contributed by atoms with Crippen molar-refractivity contribution in [1.82, 2.24) is 4.90 Å². The van der Waals surface area contributed by atoms with Crippen molar-refractivity contribution in [2.45, 2.75) is 43.4 Å². The Balaban J connectivity index is 1.85. The number of piperidine rings is 1. The van der Waals surface area contributed by atoms with Gasteiger partial charge in [0, 0.05) is 12.1 Å². The number of hydrogen-bond donors (Lipinski definition) is 1. The van der Waals surface area contributed by atoms with Crippen LogP contribution in [-0.2, 0) is 4.74 Å². The molecule has 13 heavy (non-hydrogen) atoms. The zero-order valence-electron chi connectivity index (χ0n) is 7.40. The molecular weight excluding hydrogens is 170 g/mol. The normalized spacial score (nSPS) is 46.9. The summed E-state index contributed by atoms with van der Waals surface area (Å²) in [4.78, 5) is 12.6. The average molecular weight is 183 g/mol. The molecule has 0 aromatic rings. The van der Waals surface area contributed by atoms with E-state index in [2.05, 4.69) is 0 Å². The maximum Gasteiger partial charge on any atom is 0.407 e. The summed E-state index contributed by atoms with van der Waals surface area (Å²) in [5.41, 5.74) is 0.0950. The van der Waals surface area contributed by atoms with E-state index >= 15 is 0 Å². The van der Waals surface area contributed by atoms with Crippen molar-refractivity contribution in [3.05, 3.63) is 0 Å². The largest absolute Gasteiger partial charge is 0.465 e. The second-order valence-corrected chi connectivity index (χ2v) is 4.45. The highest BCUT2D eigenvalue weighted by Crippen LogP contribution is 2.48. The monoisotopic (exact) mass is 183 g/mol. The van der Waals surface area contributed by atoms with E-state index in [9.17, 15) is 4.79 Å². The van der Waals surface area contributed by atoms with Crippen molar-refractivity contribution < 1.29 is 14.6 Å². The third kappa shape index (κ3) is 0.981. The Morgan fingerprint density at radius 3 is 2.31 bits per heavy atom. The fraction of sp³-hybridized carbons (Fsp3) is 0.889. The summed E-state index contributed by atoms with van der Waals surface area (Å²) < 4.78 is 5.43. The van der Waals surface area contributed by atoms with E-state index in [1.54, 1.807) is 4.90 Å². The summed E-state index contributed by atoms with van der Waals surface area (Å²) in [7, 11) is 0. The number of epoxide rings is 1. The predicted molar refractivity (Wildman–Crippen MR) is 44.6 cm³/mol. The number of rotatable bonds is 0. The number of nitrogens with zero attached hydrogens (tertiary/aromatic N) is 1. The van der Waals surface area contributed by atoms with E-state index in [-0.39, 0.29) is 17.7 Å². The first-order chi connectivity index (χ1) is 6.20. The average Bonchev–Trinajstić information content (AvgIpc) is 2.73. The maximum atomic E-state index is 10.9. The van der Waals surface area contributed by atoms with Gasteiger partial charge in [0.05, 0.1) is 12.2 Å². The molecule has 3 aliphatic heterocycles. The number of hydrogen-bond acceptors (Lipinski definition) is 2. The number of carbonyl (C=O) groups is 1. The minimum Gasteiger partial charge on any atom is -0.465 e. The van der Waals surface area contributed by atoms with Gasteiger partial charge in [0.1, 0.15) is 0 Å². The van der Waals surface area contributed by atoms with Crippen LogP contribution in [0.3, 0.4) is 0 Å². The van der Waals surface area contributed by atoms with Crippen molar-refractivity contribution in [2.75, 3.05) is 6.61 Å². The number of ether oxygens (including phenoxy) is 1. The number of fused-ring (bicyclic) bond motifs is 2. The van der Waals surface area contributed by atoms with Crippen molar-refractivity contribution in [2.24, 2.45) is 0 Å². The van der Waals surface area contributed by atoms with E-state index in [0.29, 0.717) is 0 Å². The van der Waals surface area contributed by atoms with Crippen LogP contribution in [0.4, 0.5) is 4.79 Å². The number of carboxylic acid groups (broad SMARTS) is 1. The second-order valence-electron chi connectivity index (χ2n) is 4.45. The molecule has 0 aromatic carbocycles. The molecule has 3 aliphatic rings. The van der Waals surface area contributed by atoms with Crippen LogP contribution in [0.25, 0.3) is 0 Å². The van der Waals surface area contributed by atoms with Crippen LogP contribution < -0.4 is 0 Å². The summed E-state index contributed by atoms with van der Waals surface area (Å²) in [5.74, 6) is 0. The lowest BCUT2D eigenvalue weighted by Crippen LogP contribution is -2.48. The standard InChI is InChI=1S/C9H13NO3/c11-8(12)10-6-1-2-7(10)4-9(3-6)5-13-9/h6-7H,1-5H2,(H,11,12). The number of amides is 1. The van der Waals surface area contributed by atoms with Crippen LogP contribution in [0.5, 0.6) is 0 Å². The van der Waals surface area contributed by atoms with E-state index in [0.717, 1.165) is 32.3 Å². The van der Waals surface area contributed by atoms with E-state index < -0.39 is 6.09 Å². The van der Waals surface area contributed by atoms with Gasteiger partial charge in [0.2, 0.25) is 0 Å². The van der Waals surface area contributed by atoms with E-state index in [1.807, 2.05) is 0 Å². The van der Waals surface area contributed by atoms with Crippen molar-refractivity contribution >= 4 is 6.09 Å². The van der Waals surface area contributed by atoms with Crippen LogP contribution in [0.1, 0.15) is 25.7 Å². The first-order valence-corrected chi connectivity index (χ1v) is 4.85. The molecule has 72 valence electrons. The van der Waals surface area contributed by atoms with E-state index in [1.165, 1.54) is 0 Å². The van der Waals surface area contributed by atoms with Gasteiger partial charge in [-0.25, -0.2) is 4.79 Å². The highest BCUT2D eigenvalue weighted by Gasteiger charge is 2.57. The highest BCUT2D eigenvalue weighted by molar-refractivity contribution is 5.66. The van der Waals surface area contributed by atoms with E-state index in [4.69, 9.17) is 9.84 Å². The zero-order valence-corrected chi connectivity index (χ0v) is 7.40. The maximum absolute atomic E-state index is 10.9.